The fourth-order valence-corrected chi connectivity index (χ4v) is 2.10. The third-order valence-corrected chi connectivity index (χ3v) is 3.01. The number of rotatable bonds is 2. The zero-order valence-corrected chi connectivity index (χ0v) is 8.58. The van der Waals surface area contributed by atoms with Gasteiger partial charge < -0.3 is 5.11 Å². The molecule has 2 aromatic heterocycles. The molecule has 0 saturated heterocycles. The van der Waals surface area contributed by atoms with Crippen molar-refractivity contribution in [3.63, 3.8) is 0 Å². The summed E-state index contributed by atoms with van der Waals surface area (Å²) >= 11 is 1.58. The molecule has 0 radical (unpaired) electrons. The molecule has 2 heterocycles. The molecule has 0 amide bonds. The smallest absolute Gasteiger partial charge is 0.125 e. The maximum Gasteiger partial charge on any atom is 0.125 e. The Labute approximate surface area is 86.1 Å². The van der Waals surface area contributed by atoms with Gasteiger partial charge in [0.1, 0.15) is 5.01 Å². The fourth-order valence-electron chi connectivity index (χ4n) is 1.19. The normalized spacial score (nSPS) is 10.4. The van der Waals surface area contributed by atoms with Gasteiger partial charge in [-0.1, -0.05) is 0 Å². The van der Waals surface area contributed by atoms with Crippen LogP contribution in [-0.4, -0.2) is 15.1 Å². The number of aromatic nitrogens is 2. The van der Waals surface area contributed by atoms with Crippen molar-refractivity contribution < 1.29 is 5.11 Å². The minimum Gasteiger partial charge on any atom is -0.390 e. The van der Waals surface area contributed by atoms with E-state index in [1.807, 2.05) is 19.1 Å². The molecule has 4 heteroatoms. The highest BCUT2D eigenvalue weighted by Gasteiger charge is 2.07. The number of aryl methyl sites for hydroxylation is 1. The first kappa shape index (κ1) is 9.30. The van der Waals surface area contributed by atoms with Gasteiger partial charge in [0.2, 0.25) is 0 Å². The Hall–Kier alpha value is -1.26. The average Bonchev–Trinajstić information content (AvgIpc) is 2.61. The highest BCUT2D eigenvalue weighted by molar-refractivity contribution is 7.15. The fraction of sp³-hybridized carbons (Fsp3) is 0.200. The molecule has 0 saturated carbocycles. The first-order chi connectivity index (χ1) is 6.81. The standard InChI is InChI=1S/C10H10N2OS/c1-7-9(6-13)12-10(14-7)8-3-2-4-11-5-8/h2-5,13H,6H2,1H3. The van der Waals surface area contributed by atoms with Crippen LogP contribution in [0.5, 0.6) is 0 Å². The Morgan fingerprint density at radius 2 is 2.36 bits per heavy atom. The van der Waals surface area contributed by atoms with Crippen LogP contribution in [0.25, 0.3) is 10.6 Å². The summed E-state index contributed by atoms with van der Waals surface area (Å²) in [4.78, 5) is 9.42. The number of aliphatic hydroxyl groups is 1. The predicted octanol–water partition coefficient (Wildman–Crippen LogP) is 2.01. The van der Waals surface area contributed by atoms with Gasteiger partial charge in [-0.2, -0.15) is 0 Å². The van der Waals surface area contributed by atoms with Crippen molar-refractivity contribution >= 4 is 11.3 Å². The average molecular weight is 206 g/mol. The summed E-state index contributed by atoms with van der Waals surface area (Å²) in [5.74, 6) is 0. The van der Waals surface area contributed by atoms with Crippen LogP contribution in [0, 0.1) is 6.92 Å². The predicted molar refractivity (Wildman–Crippen MR) is 56.0 cm³/mol. The Bertz CT molecular complexity index is 425. The summed E-state index contributed by atoms with van der Waals surface area (Å²) in [5, 5.41) is 9.92. The van der Waals surface area contributed by atoms with Gasteiger partial charge in [-0.15, -0.1) is 11.3 Å². The van der Waals surface area contributed by atoms with Crippen molar-refractivity contribution in [2.75, 3.05) is 0 Å². The maximum atomic E-state index is 9.01. The van der Waals surface area contributed by atoms with E-state index in [1.54, 1.807) is 23.7 Å². The van der Waals surface area contributed by atoms with Gasteiger partial charge in [-0.05, 0) is 19.1 Å². The van der Waals surface area contributed by atoms with E-state index in [9.17, 15) is 0 Å². The first-order valence-corrected chi connectivity index (χ1v) is 5.10. The molecule has 0 unspecified atom stereocenters. The SMILES string of the molecule is Cc1sc(-c2cccnc2)nc1CO. The molecular formula is C10H10N2OS. The maximum absolute atomic E-state index is 9.01. The van der Waals surface area contributed by atoms with Crippen molar-refractivity contribution in [1.29, 1.82) is 0 Å². The highest BCUT2D eigenvalue weighted by atomic mass is 32.1. The Morgan fingerprint density at radius 3 is 2.93 bits per heavy atom. The van der Waals surface area contributed by atoms with Crippen LogP contribution >= 0.6 is 11.3 Å². The molecule has 0 bridgehead atoms. The number of hydrogen-bond acceptors (Lipinski definition) is 4. The quantitative estimate of drug-likeness (QED) is 0.817. The molecule has 2 rings (SSSR count). The molecule has 0 aromatic carbocycles. The van der Waals surface area contributed by atoms with Crippen LogP contribution < -0.4 is 0 Å². The molecule has 72 valence electrons. The molecule has 0 aliphatic rings. The Balaban J connectivity index is 2.43. The second kappa shape index (κ2) is 3.86. The van der Waals surface area contributed by atoms with Crippen molar-refractivity contribution in [2.24, 2.45) is 0 Å². The van der Waals surface area contributed by atoms with Crippen molar-refractivity contribution in [1.82, 2.24) is 9.97 Å². The van der Waals surface area contributed by atoms with E-state index in [2.05, 4.69) is 9.97 Å². The molecule has 2 aromatic rings. The van der Waals surface area contributed by atoms with Gasteiger partial charge in [-0.3, -0.25) is 4.98 Å². The van der Waals surface area contributed by atoms with E-state index in [1.165, 1.54) is 0 Å². The number of hydrogen-bond donors (Lipinski definition) is 1. The van der Waals surface area contributed by atoms with Gasteiger partial charge in [0, 0.05) is 22.8 Å². The molecule has 0 aliphatic heterocycles. The van der Waals surface area contributed by atoms with Crippen LogP contribution in [-0.2, 0) is 6.61 Å². The summed E-state index contributed by atoms with van der Waals surface area (Å²) in [6.07, 6.45) is 3.51. The number of pyridine rings is 1. The van der Waals surface area contributed by atoms with Crippen LogP contribution in [0.2, 0.25) is 0 Å². The van der Waals surface area contributed by atoms with Gasteiger partial charge >= 0.3 is 0 Å². The topological polar surface area (TPSA) is 46.0 Å². The van der Waals surface area contributed by atoms with Gasteiger partial charge in [0.25, 0.3) is 0 Å². The molecule has 14 heavy (non-hydrogen) atoms. The van der Waals surface area contributed by atoms with E-state index in [0.29, 0.717) is 0 Å². The zero-order valence-electron chi connectivity index (χ0n) is 7.77. The largest absolute Gasteiger partial charge is 0.390 e. The molecular weight excluding hydrogens is 196 g/mol. The lowest BCUT2D eigenvalue weighted by Gasteiger charge is -1.92. The molecule has 3 nitrogen and oxygen atoms in total. The molecule has 0 atom stereocenters. The second-order valence-corrected chi connectivity index (χ2v) is 4.12. The van der Waals surface area contributed by atoms with Crippen LogP contribution in [0.1, 0.15) is 10.6 Å². The lowest BCUT2D eigenvalue weighted by molar-refractivity contribution is 0.277. The minimum atomic E-state index is 0.00257. The molecule has 0 fully saturated rings. The highest BCUT2D eigenvalue weighted by Crippen LogP contribution is 2.26. The van der Waals surface area contributed by atoms with E-state index in [0.717, 1.165) is 21.1 Å². The second-order valence-electron chi connectivity index (χ2n) is 2.92. The molecule has 0 aliphatic carbocycles. The van der Waals surface area contributed by atoms with Crippen LogP contribution in [0.4, 0.5) is 0 Å². The zero-order chi connectivity index (χ0) is 9.97. The van der Waals surface area contributed by atoms with Gasteiger partial charge in [0.15, 0.2) is 0 Å². The molecule has 0 spiro atoms. The monoisotopic (exact) mass is 206 g/mol. The number of aliphatic hydroxyl groups excluding tert-OH is 1. The summed E-state index contributed by atoms with van der Waals surface area (Å²) in [6, 6.07) is 3.84. The minimum absolute atomic E-state index is 0.00257. The summed E-state index contributed by atoms with van der Waals surface area (Å²) < 4.78 is 0. The van der Waals surface area contributed by atoms with Crippen molar-refractivity contribution in [3.8, 4) is 10.6 Å². The van der Waals surface area contributed by atoms with Gasteiger partial charge in [-0.25, -0.2) is 4.98 Å². The number of nitrogens with zero attached hydrogens (tertiary/aromatic N) is 2. The lowest BCUT2D eigenvalue weighted by atomic mass is 10.3. The third-order valence-electron chi connectivity index (χ3n) is 1.95. The molecule has 1 N–H and O–H groups in total. The van der Waals surface area contributed by atoms with Gasteiger partial charge in [0.05, 0.1) is 12.3 Å². The summed E-state index contributed by atoms with van der Waals surface area (Å²) in [6.45, 7) is 1.96. The Kier molecular flexibility index (Phi) is 2.56. The summed E-state index contributed by atoms with van der Waals surface area (Å²) in [7, 11) is 0. The summed E-state index contributed by atoms with van der Waals surface area (Å²) in [5.41, 5.74) is 1.76. The Morgan fingerprint density at radius 1 is 1.50 bits per heavy atom. The van der Waals surface area contributed by atoms with E-state index >= 15 is 0 Å². The lowest BCUT2D eigenvalue weighted by Crippen LogP contribution is -1.85. The van der Waals surface area contributed by atoms with Crippen molar-refractivity contribution in [3.05, 3.63) is 35.1 Å². The first-order valence-electron chi connectivity index (χ1n) is 4.29. The van der Waals surface area contributed by atoms with Crippen LogP contribution in [0.15, 0.2) is 24.5 Å². The van der Waals surface area contributed by atoms with E-state index < -0.39 is 0 Å². The van der Waals surface area contributed by atoms with E-state index in [4.69, 9.17) is 5.11 Å². The number of thiazole rings is 1. The van der Waals surface area contributed by atoms with E-state index in [-0.39, 0.29) is 6.61 Å². The third kappa shape index (κ3) is 1.66. The van der Waals surface area contributed by atoms with Crippen molar-refractivity contribution in [2.45, 2.75) is 13.5 Å². The van der Waals surface area contributed by atoms with Crippen LogP contribution in [0.3, 0.4) is 0 Å².